The maximum Gasteiger partial charge on any atom is 0.324 e. The molecule has 1 atom stereocenters. The van der Waals surface area contributed by atoms with E-state index in [2.05, 4.69) is 10.3 Å². The number of halogens is 1. The van der Waals surface area contributed by atoms with Crippen LogP contribution >= 0.6 is 0 Å². The Balaban J connectivity index is 1.40. The molecular formula is C26H27FN4O2. The van der Waals surface area contributed by atoms with E-state index in [1.807, 2.05) is 48.5 Å². The van der Waals surface area contributed by atoms with Crippen LogP contribution < -0.4 is 10.2 Å². The number of amides is 3. The predicted octanol–water partition coefficient (Wildman–Crippen LogP) is 4.39. The highest BCUT2D eigenvalue weighted by Gasteiger charge is 2.30. The minimum atomic E-state index is -0.469. The van der Waals surface area contributed by atoms with Crippen LogP contribution in [0.25, 0.3) is 0 Å². The van der Waals surface area contributed by atoms with Crippen LogP contribution in [0.3, 0.4) is 0 Å². The molecular weight excluding hydrogens is 419 g/mol. The highest BCUT2D eigenvalue weighted by atomic mass is 19.1. The van der Waals surface area contributed by atoms with Gasteiger partial charge >= 0.3 is 6.03 Å². The molecule has 0 bridgehead atoms. The molecule has 2 aromatic carbocycles. The van der Waals surface area contributed by atoms with E-state index in [0.29, 0.717) is 31.6 Å². The van der Waals surface area contributed by atoms with Crippen molar-refractivity contribution in [1.82, 2.24) is 15.2 Å². The quantitative estimate of drug-likeness (QED) is 0.632. The molecule has 0 radical (unpaired) electrons. The Kier molecular flexibility index (Phi) is 6.98. The van der Waals surface area contributed by atoms with Crippen molar-refractivity contribution in [3.8, 4) is 0 Å². The van der Waals surface area contributed by atoms with Gasteiger partial charge in [0.1, 0.15) is 5.82 Å². The van der Waals surface area contributed by atoms with Crippen molar-refractivity contribution in [3.63, 3.8) is 0 Å². The zero-order chi connectivity index (χ0) is 23.2. The number of nitrogens with zero attached hydrogens (tertiary/aromatic N) is 3. The first-order valence-electron chi connectivity index (χ1n) is 11.1. The number of carbonyl (C=O) groups excluding carboxylic acids is 2. The zero-order valence-corrected chi connectivity index (χ0v) is 18.5. The second-order valence-corrected chi connectivity index (χ2v) is 8.19. The maximum atomic E-state index is 13.4. The normalized spacial score (nSPS) is 15.0. The molecule has 2 heterocycles. The summed E-state index contributed by atoms with van der Waals surface area (Å²) in [7, 11) is 1.76. The van der Waals surface area contributed by atoms with Crippen molar-refractivity contribution in [2.24, 2.45) is 5.92 Å². The van der Waals surface area contributed by atoms with Gasteiger partial charge in [-0.15, -0.1) is 0 Å². The number of piperidine rings is 1. The number of pyridine rings is 1. The van der Waals surface area contributed by atoms with Crippen LogP contribution in [0.2, 0.25) is 0 Å². The Morgan fingerprint density at radius 2 is 1.67 bits per heavy atom. The van der Waals surface area contributed by atoms with Crippen molar-refractivity contribution < 1.29 is 14.0 Å². The van der Waals surface area contributed by atoms with Crippen molar-refractivity contribution in [3.05, 3.63) is 96.1 Å². The smallest absolute Gasteiger partial charge is 0.324 e. The Hall–Kier alpha value is -3.74. The third-order valence-corrected chi connectivity index (χ3v) is 6.04. The van der Waals surface area contributed by atoms with Gasteiger partial charge in [-0.25, -0.2) is 9.18 Å². The number of para-hydroxylation sites is 1. The minimum absolute atomic E-state index is 0.0715. The summed E-state index contributed by atoms with van der Waals surface area (Å²) in [5.74, 6) is -0.622. The highest BCUT2D eigenvalue weighted by molar-refractivity contribution is 5.91. The van der Waals surface area contributed by atoms with Crippen LogP contribution in [0.5, 0.6) is 0 Å². The molecule has 3 amide bonds. The SMILES string of the molecule is CN(C(=O)N1CCC(C(=O)NC(c2ccc(F)cc2)c2ccccn2)CC1)c1ccccc1. The molecule has 1 fully saturated rings. The molecule has 0 spiro atoms. The van der Waals surface area contributed by atoms with Crippen molar-refractivity contribution in [2.45, 2.75) is 18.9 Å². The summed E-state index contributed by atoms with van der Waals surface area (Å²) in [5, 5.41) is 3.09. The van der Waals surface area contributed by atoms with E-state index in [1.54, 1.807) is 35.2 Å². The molecule has 0 saturated carbocycles. The Labute approximate surface area is 193 Å². The molecule has 4 rings (SSSR count). The zero-order valence-electron chi connectivity index (χ0n) is 18.5. The molecule has 7 heteroatoms. The number of urea groups is 1. The van der Waals surface area contributed by atoms with Crippen LogP contribution in [0.4, 0.5) is 14.9 Å². The number of hydrogen-bond acceptors (Lipinski definition) is 3. The van der Waals surface area contributed by atoms with Crippen molar-refractivity contribution in [2.75, 3.05) is 25.0 Å². The minimum Gasteiger partial charge on any atom is -0.343 e. The fraction of sp³-hybridized carbons (Fsp3) is 0.269. The summed E-state index contributed by atoms with van der Waals surface area (Å²) in [6.07, 6.45) is 2.84. The number of anilines is 1. The molecule has 1 aromatic heterocycles. The van der Waals surface area contributed by atoms with Gasteiger partial charge in [0.2, 0.25) is 5.91 Å². The van der Waals surface area contributed by atoms with Gasteiger partial charge in [-0.3, -0.25) is 14.7 Å². The average Bonchev–Trinajstić information content (AvgIpc) is 2.88. The van der Waals surface area contributed by atoms with Gasteiger partial charge in [-0.2, -0.15) is 0 Å². The lowest BCUT2D eigenvalue weighted by molar-refractivity contribution is -0.126. The van der Waals surface area contributed by atoms with Crippen LogP contribution in [0, 0.1) is 11.7 Å². The van der Waals surface area contributed by atoms with Gasteiger partial charge in [-0.05, 0) is 54.8 Å². The molecule has 33 heavy (non-hydrogen) atoms. The van der Waals surface area contributed by atoms with Gasteiger partial charge in [0.15, 0.2) is 0 Å². The number of aromatic nitrogens is 1. The van der Waals surface area contributed by atoms with E-state index < -0.39 is 6.04 Å². The molecule has 3 aromatic rings. The molecule has 170 valence electrons. The lowest BCUT2D eigenvalue weighted by Crippen LogP contribution is -2.48. The summed E-state index contributed by atoms with van der Waals surface area (Å²) in [5.41, 5.74) is 2.29. The molecule has 1 N–H and O–H groups in total. The number of carbonyl (C=O) groups is 2. The standard InChI is InChI=1S/C26H27FN4O2/c1-30(22-7-3-2-4-8-22)26(33)31-17-14-20(15-18-31)25(32)29-24(23-9-5-6-16-28-23)19-10-12-21(27)13-11-19/h2-13,16,20,24H,14-15,17-18H2,1H3,(H,29,32). The van der Waals surface area contributed by atoms with Gasteiger partial charge in [0.05, 0.1) is 11.7 Å². The van der Waals surface area contributed by atoms with Crippen molar-refractivity contribution in [1.29, 1.82) is 0 Å². The fourth-order valence-corrected chi connectivity index (χ4v) is 4.10. The number of nitrogens with one attached hydrogen (secondary N) is 1. The van der Waals surface area contributed by atoms with Crippen LogP contribution in [0.1, 0.15) is 30.1 Å². The average molecular weight is 447 g/mol. The Morgan fingerprint density at radius 1 is 1.00 bits per heavy atom. The third-order valence-electron chi connectivity index (χ3n) is 6.04. The lowest BCUT2D eigenvalue weighted by Gasteiger charge is -2.34. The first-order valence-corrected chi connectivity index (χ1v) is 11.1. The Morgan fingerprint density at radius 3 is 2.30 bits per heavy atom. The monoisotopic (exact) mass is 446 g/mol. The van der Waals surface area contributed by atoms with E-state index in [9.17, 15) is 14.0 Å². The first kappa shape index (κ1) is 22.5. The maximum absolute atomic E-state index is 13.4. The van der Waals surface area contributed by atoms with Crippen LogP contribution in [-0.2, 0) is 4.79 Å². The number of hydrogen-bond donors (Lipinski definition) is 1. The molecule has 0 aliphatic carbocycles. The van der Waals surface area contributed by atoms with Gasteiger partial charge in [0.25, 0.3) is 0 Å². The summed E-state index contributed by atoms with van der Waals surface area (Å²) in [4.78, 5) is 33.8. The van der Waals surface area contributed by atoms with E-state index in [-0.39, 0.29) is 23.7 Å². The summed E-state index contributed by atoms with van der Waals surface area (Å²) in [6.45, 7) is 1.03. The molecule has 1 saturated heterocycles. The topological polar surface area (TPSA) is 65.5 Å². The number of likely N-dealkylation sites (tertiary alicyclic amines) is 1. The second kappa shape index (κ2) is 10.3. The highest BCUT2D eigenvalue weighted by Crippen LogP contribution is 2.25. The fourth-order valence-electron chi connectivity index (χ4n) is 4.10. The second-order valence-electron chi connectivity index (χ2n) is 8.19. The first-order chi connectivity index (χ1) is 16.0. The van der Waals surface area contributed by atoms with Crippen molar-refractivity contribution >= 4 is 17.6 Å². The van der Waals surface area contributed by atoms with E-state index in [1.165, 1.54) is 12.1 Å². The lowest BCUT2D eigenvalue weighted by atomic mass is 9.94. The van der Waals surface area contributed by atoms with E-state index in [4.69, 9.17) is 0 Å². The number of benzene rings is 2. The van der Waals surface area contributed by atoms with E-state index in [0.717, 1.165) is 11.3 Å². The predicted molar refractivity (Wildman–Crippen MR) is 125 cm³/mol. The molecule has 1 aliphatic rings. The largest absolute Gasteiger partial charge is 0.343 e. The Bertz CT molecular complexity index is 1070. The summed E-state index contributed by atoms with van der Waals surface area (Å²) < 4.78 is 13.4. The third kappa shape index (κ3) is 5.37. The van der Waals surface area contributed by atoms with Crippen LogP contribution in [-0.4, -0.2) is 42.0 Å². The summed E-state index contributed by atoms with van der Waals surface area (Å²) in [6, 6.07) is 20.6. The van der Waals surface area contributed by atoms with Crippen LogP contribution in [0.15, 0.2) is 79.0 Å². The molecule has 1 unspecified atom stereocenters. The summed E-state index contributed by atoms with van der Waals surface area (Å²) >= 11 is 0. The van der Waals surface area contributed by atoms with Gasteiger partial charge in [-0.1, -0.05) is 36.4 Å². The van der Waals surface area contributed by atoms with Gasteiger partial charge < -0.3 is 10.2 Å². The van der Waals surface area contributed by atoms with E-state index >= 15 is 0 Å². The van der Waals surface area contributed by atoms with Gasteiger partial charge in [0, 0.05) is 37.9 Å². The molecule has 1 aliphatic heterocycles. The molecule has 6 nitrogen and oxygen atoms in total. The number of rotatable bonds is 5.